The third kappa shape index (κ3) is 3.26. The van der Waals surface area contributed by atoms with E-state index in [9.17, 15) is 18.0 Å². The topological polar surface area (TPSA) is 34.9 Å². The average Bonchev–Trinajstić information content (AvgIpc) is 2.88. The summed E-state index contributed by atoms with van der Waals surface area (Å²) in [6.07, 6.45) is 0.652. The number of imidazole rings is 1. The van der Waals surface area contributed by atoms with Crippen LogP contribution in [0.15, 0.2) is 43.0 Å². The number of rotatable bonds is 4. The Morgan fingerprint density at radius 1 is 1.30 bits per heavy atom. The van der Waals surface area contributed by atoms with Crippen LogP contribution in [0.5, 0.6) is 0 Å². The molecule has 0 saturated carbocycles. The van der Waals surface area contributed by atoms with E-state index in [-0.39, 0.29) is 18.2 Å². The van der Waals surface area contributed by atoms with Crippen LogP contribution in [-0.2, 0) is 11.0 Å². The molecule has 0 fully saturated rings. The van der Waals surface area contributed by atoms with Crippen LogP contribution in [0.25, 0.3) is 0 Å². The van der Waals surface area contributed by atoms with Crippen LogP contribution in [-0.4, -0.2) is 15.3 Å². The van der Waals surface area contributed by atoms with Gasteiger partial charge in [-0.05, 0) is 24.6 Å². The van der Waals surface area contributed by atoms with Crippen LogP contribution in [0.1, 0.15) is 30.5 Å². The van der Waals surface area contributed by atoms with E-state index >= 15 is 0 Å². The fourth-order valence-electron chi connectivity index (χ4n) is 2.02. The van der Waals surface area contributed by atoms with Crippen molar-refractivity contribution in [3.05, 3.63) is 54.1 Å². The second-order valence-electron chi connectivity index (χ2n) is 4.55. The first-order valence-corrected chi connectivity index (χ1v) is 6.02. The Morgan fingerprint density at radius 3 is 2.40 bits per heavy atom. The zero-order valence-electron chi connectivity index (χ0n) is 10.8. The summed E-state index contributed by atoms with van der Waals surface area (Å²) in [6, 6.07) is 4.52. The summed E-state index contributed by atoms with van der Waals surface area (Å²) in [5, 5.41) is 0. The summed E-state index contributed by atoms with van der Waals surface area (Å²) < 4.78 is 39.3. The molecular formula is C14H13F3N2O. The van der Waals surface area contributed by atoms with Crippen LogP contribution in [0.2, 0.25) is 0 Å². The van der Waals surface area contributed by atoms with Gasteiger partial charge in [-0.3, -0.25) is 4.79 Å². The molecule has 20 heavy (non-hydrogen) atoms. The highest BCUT2D eigenvalue weighted by atomic mass is 19.4. The third-order valence-electron chi connectivity index (χ3n) is 2.99. The van der Waals surface area contributed by atoms with Crippen molar-refractivity contribution in [1.82, 2.24) is 9.55 Å². The van der Waals surface area contributed by atoms with Gasteiger partial charge in [0.05, 0.1) is 17.9 Å². The minimum atomic E-state index is -4.36. The summed E-state index contributed by atoms with van der Waals surface area (Å²) >= 11 is 0. The van der Waals surface area contributed by atoms with Crippen molar-refractivity contribution in [1.29, 1.82) is 0 Å². The Morgan fingerprint density at radius 2 is 1.95 bits per heavy atom. The quantitative estimate of drug-likeness (QED) is 0.860. The summed E-state index contributed by atoms with van der Waals surface area (Å²) in [4.78, 5) is 15.2. The van der Waals surface area contributed by atoms with Gasteiger partial charge in [-0.2, -0.15) is 13.2 Å². The number of aromatic nitrogens is 2. The molecule has 3 nitrogen and oxygen atoms in total. The fourth-order valence-corrected chi connectivity index (χ4v) is 2.02. The maximum absolute atomic E-state index is 12.5. The van der Waals surface area contributed by atoms with E-state index in [1.165, 1.54) is 19.1 Å². The van der Waals surface area contributed by atoms with E-state index in [1.54, 1.807) is 23.3 Å². The summed E-state index contributed by atoms with van der Waals surface area (Å²) in [7, 11) is 0. The van der Waals surface area contributed by atoms with Gasteiger partial charge in [0, 0.05) is 18.8 Å². The Balaban J connectivity index is 2.32. The summed E-state index contributed by atoms with van der Waals surface area (Å²) in [5.41, 5.74) is -0.0559. The number of Topliss-reactive ketones (excluding diaryl/α,β-unsaturated/α-hetero) is 1. The predicted octanol–water partition coefficient (Wildman–Crippen LogP) is 3.47. The molecule has 6 heteroatoms. The van der Waals surface area contributed by atoms with Crippen molar-refractivity contribution < 1.29 is 18.0 Å². The molecule has 0 N–H and O–H groups in total. The smallest absolute Gasteiger partial charge is 0.330 e. The van der Waals surface area contributed by atoms with Gasteiger partial charge in [0.2, 0.25) is 0 Å². The molecule has 1 unspecified atom stereocenters. The van der Waals surface area contributed by atoms with Crippen molar-refractivity contribution in [2.24, 2.45) is 0 Å². The number of halogens is 3. The largest absolute Gasteiger partial charge is 0.416 e. The lowest BCUT2D eigenvalue weighted by molar-refractivity contribution is -0.137. The highest BCUT2D eigenvalue weighted by Gasteiger charge is 2.30. The van der Waals surface area contributed by atoms with Gasteiger partial charge in [-0.15, -0.1) is 0 Å². The van der Waals surface area contributed by atoms with Crippen LogP contribution in [0, 0.1) is 0 Å². The second kappa shape index (κ2) is 5.48. The molecule has 0 amide bonds. The number of carbonyl (C=O) groups is 1. The number of carbonyl (C=O) groups excluding carboxylic acids is 1. The van der Waals surface area contributed by atoms with Crippen molar-refractivity contribution in [2.75, 3.05) is 0 Å². The molecule has 2 aromatic rings. The highest BCUT2D eigenvalue weighted by molar-refractivity contribution is 5.76. The van der Waals surface area contributed by atoms with Crippen LogP contribution < -0.4 is 0 Å². The Bertz CT molecular complexity index is 573. The maximum Gasteiger partial charge on any atom is 0.416 e. The first-order valence-electron chi connectivity index (χ1n) is 6.02. The normalized spacial score (nSPS) is 13.2. The van der Waals surface area contributed by atoms with E-state index < -0.39 is 11.7 Å². The molecule has 0 radical (unpaired) electrons. The van der Waals surface area contributed by atoms with Crippen LogP contribution in [0.4, 0.5) is 13.2 Å². The van der Waals surface area contributed by atoms with Gasteiger partial charge >= 0.3 is 6.18 Å². The zero-order chi connectivity index (χ0) is 14.8. The molecule has 1 atom stereocenters. The molecule has 0 saturated heterocycles. The van der Waals surface area contributed by atoms with E-state index in [2.05, 4.69) is 4.98 Å². The Labute approximate surface area is 114 Å². The van der Waals surface area contributed by atoms with Gasteiger partial charge in [0.15, 0.2) is 0 Å². The molecule has 0 spiro atoms. The van der Waals surface area contributed by atoms with Crippen molar-refractivity contribution in [3.8, 4) is 0 Å². The van der Waals surface area contributed by atoms with E-state index in [0.717, 1.165) is 12.1 Å². The minimum Gasteiger partial charge on any atom is -0.330 e. The molecule has 0 aliphatic rings. The molecule has 1 aromatic carbocycles. The maximum atomic E-state index is 12.5. The standard InChI is InChI=1S/C14H13F3N2O/c1-10(20)8-13(19-7-6-18-9-19)11-2-4-12(5-3-11)14(15,16)17/h2-7,9,13H,8H2,1H3. The van der Waals surface area contributed by atoms with Gasteiger partial charge in [0.1, 0.15) is 5.78 Å². The average molecular weight is 282 g/mol. The fraction of sp³-hybridized carbons (Fsp3) is 0.286. The highest BCUT2D eigenvalue weighted by Crippen LogP contribution is 2.31. The third-order valence-corrected chi connectivity index (χ3v) is 2.99. The van der Waals surface area contributed by atoms with Gasteiger partial charge in [0.25, 0.3) is 0 Å². The molecule has 0 aliphatic carbocycles. The lowest BCUT2D eigenvalue weighted by Gasteiger charge is -2.18. The molecule has 0 aliphatic heterocycles. The number of benzene rings is 1. The molecule has 1 heterocycles. The Kier molecular flexibility index (Phi) is 3.92. The molecule has 106 valence electrons. The molecule has 2 rings (SSSR count). The molecule has 0 bridgehead atoms. The minimum absolute atomic E-state index is 0.0383. The van der Waals surface area contributed by atoms with Crippen LogP contribution >= 0.6 is 0 Å². The first kappa shape index (κ1) is 14.3. The number of nitrogens with zero attached hydrogens (tertiary/aromatic N) is 2. The second-order valence-corrected chi connectivity index (χ2v) is 4.55. The van der Waals surface area contributed by atoms with Crippen LogP contribution in [0.3, 0.4) is 0 Å². The van der Waals surface area contributed by atoms with Crippen molar-refractivity contribution in [3.63, 3.8) is 0 Å². The van der Waals surface area contributed by atoms with Gasteiger partial charge in [-0.25, -0.2) is 4.98 Å². The molecule has 1 aromatic heterocycles. The van der Waals surface area contributed by atoms with E-state index in [0.29, 0.717) is 5.56 Å². The van der Waals surface area contributed by atoms with Crippen molar-refractivity contribution >= 4 is 5.78 Å². The lowest BCUT2D eigenvalue weighted by Crippen LogP contribution is -2.13. The number of hydrogen-bond donors (Lipinski definition) is 0. The van der Waals surface area contributed by atoms with Gasteiger partial charge in [-0.1, -0.05) is 12.1 Å². The molecular weight excluding hydrogens is 269 g/mol. The summed E-state index contributed by atoms with van der Waals surface area (Å²) in [5.74, 6) is -0.0383. The Hall–Kier alpha value is -2.11. The zero-order valence-corrected chi connectivity index (χ0v) is 10.8. The monoisotopic (exact) mass is 282 g/mol. The van der Waals surface area contributed by atoms with Gasteiger partial charge < -0.3 is 4.57 Å². The van der Waals surface area contributed by atoms with E-state index in [1.807, 2.05) is 0 Å². The van der Waals surface area contributed by atoms with Crippen molar-refractivity contribution in [2.45, 2.75) is 25.6 Å². The number of alkyl halides is 3. The SMILES string of the molecule is CC(=O)CC(c1ccc(C(F)(F)F)cc1)n1ccnc1. The lowest BCUT2D eigenvalue weighted by atomic mass is 10.00. The van der Waals surface area contributed by atoms with E-state index in [4.69, 9.17) is 0 Å². The predicted molar refractivity (Wildman–Crippen MR) is 67.1 cm³/mol. The first-order chi connectivity index (χ1) is 9.38. The summed E-state index contributed by atoms with van der Waals surface area (Å²) in [6.45, 7) is 1.45. The number of ketones is 1. The number of hydrogen-bond acceptors (Lipinski definition) is 2.